The minimum absolute atomic E-state index is 0.121. The van der Waals surface area contributed by atoms with Crippen LogP contribution in [0.1, 0.15) is 31.9 Å². The van der Waals surface area contributed by atoms with E-state index in [-0.39, 0.29) is 6.61 Å². The molecular weight excluding hydrogens is 238 g/mol. The van der Waals surface area contributed by atoms with Gasteiger partial charge in [-0.15, -0.1) is 0 Å². The Labute approximate surface area is 108 Å². The first-order valence-corrected chi connectivity index (χ1v) is 6.31. The van der Waals surface area contributed by atoms with E-state index in [9.17, 15) is 5.11 Å². The van der Waals surface area contributed by atoms with Crippen molar-refractivity contribution in [3.63, 3.8) is 0 Å². The first-order chi connectivity index (χ1) is 8.10. The molecular formula is C13H20ClNO2. The Morgan fingerprint density at radius 2 is 2.06 bits per heavy atom. The van der Waals surface area contributed by atoms with Crippen LogP contribution in [0.25, 0.3) is 0 Å². The molecule has 2 N–H and O–H groups in total. The van der Waals surface area contributed by atoms with Crippen molar-refractivity contribution in [3.8, 4) is 0 Å². The Balaban J connectivity index is 2.93. The van der Waals surface area contributed by atoms with Gasteiger partial charge >= 0.3 is 0 Å². The van der Waals surface area contributed by atoms with Crippen LogP contribution in [0.15, 0.2) is 18.2 Å². The second-order valence-electron chi connectivity index (χ2n) is 4.09. The molecule has 1 rings (SSSR count). The van der Waals surface area contributed by atoms with Crippen LogP contribution in [0.2, 0.25) is 5.02 Å². The maximum atomic E-state index is 9.50. The van der Waals surface area contributed by atoms with Gasteiger partial charge in [-0.25, -0.2) is 0 Å². The third-order valence-corrected chi connectivity index (χ3v) is 2.99. The lowest BCUT2D eigenvalue weighted by Crippen LogP contribution is -2.27. The molecule has 1 aromatic carbocycles. The highest BCUT2D eigenvalue weighted by molar-refractivity contribution is 6.31. The highest BCUT2D eigenvalue weighted by atomic mass is 35.5. The lowest BCUT2D eigenvalue weighted by Gasteiger charge is -2.24. The van der Waals surface area contributed by atoms with Crippen molar-refractivity contribution < 1.29 is 10.2 Å². The molecule has 1 aromatic rings. The third-order valence-electron chi connectivity index (χ3n) is 2.66. The molecule has 0 aliphatic rings. The Bertz CT molecular complexity index is 349. The number of nitrogens with zero attached hydrogens (tertiary/aromatic N) is 1. The Morgan fingerprint density at radius 3 is 2.53 bits per heavy atom. The first kappa shape index (κ1) is 14.3. The van der Waals surface area contributed by atoms with E-state index in [1.807, 2.05) is 18.2 Å². The van der Waals surface area contributed by atoms with Gasteiger partial charge in [-0.2, -0.15) is 0 Å². The number of hydrogen-bond donors (Lipinski definition) is 2. The van der Waals surface area contributed by atoms with Gasteiger partial charge in [0.15, 0.2) is 0 Å². The number of rotatable bonds is 6. The molecule has 0 aliphatic heterocycles. The van der Waals surface area contributed by atoms with E-state index in [4.69, 9.17) is 16.7 Å². The summed E-state index contributed by atoms with van der Waals surface area (Å²) in [5, 5.41) is 19.1. The second kappa shape index (κ2) is 6.84. The molecule has 0 radical (unpaired) electrons. The molecule has 3 nitrogen and oxygen atoms in total. The molecule has 0 heterocycles. The van der Waals surface area contributed by atoms with E-state index in [0.717, 1.165) is 24.2 Å². The normalized spacial score (nSPS) is 12.5. The van der Waals surface area contributed by atoms with E-state index < -0.39 is 6.10 Å². The van der Waals surface area contributed by atoms with Gasteiger partial charge in [0.2, 0.25) is 0 Å². The number of aliphatic hydroxyl groups is 2. The molecule has 0 saturated heterocycles. The summed E-state index contributed by atoms with van der Waals surface area (Å²) in [4.78, 5) is 2.08. The van der Waals surface area contributed by atoms with Crippen molar-refractivity contribution in [3.05, 3.63) is 28.8 Å². The van der Waals surface area contributed by atoms with Crippen molar-refractivity contribution in [2.75, 3.05) is 24.6 Å². The fourth-order valence-electron chi connectivity index (χ4n) is 1.81. The van der Waals surface area contributed by atoms with Crippen LogP contribution >= 0.6 is 11.6 Å². The largest absolute Gasteiger partial charge is 0.395 e. The Morgan fingerprint density at radius 1 is 1.35 bits per heavy atom. The van der Waals surface area contributed by atoms with Gasteiger partial charge in [-0.3, -0.25) is 0 Å². The monoisotopic (exact) mass is 257 g/mol. The third kappa shape index (κ3) is 3.87. The van der Waals surface area contributed by atoms with E-state index in [1.165, 1.54) is 0 Å². The van der Waals surface area contributed by atoms with Gasteiger partial charge in [-0.05, 0) is 31.0 Å². The molecule has 0 bridgehead atoms. The molecule has 0 saturated carbocycles. The molecule has 96 valence electrons. The van der Waals surface area contributed by atoms with Crippen LogP contribution in [0.3, 0.4) is 0 Å². The highest BCUT2D eigenvalue weighted by Gasteiger charge is 2.10. The fraction of sp³-hybridized carbons (Fsp3) is 0.538. The summed E-state index contributed by atoms with van der Waals surface area (Å²) in [5.41, 5.74) is 1.71. The lowest BCUT2D eigenvalue weighted by atomic mass is 10.1. The smallest absolute Gasteiger partial charge is 0.0776 e. The summed E-state index contributed by atoms with van der Waals surface area (Å²) in [6.45, 7) is 5.38. The SMILES string of the molecule is CCCN(CCO)c1ccc(C(C)O)c(Cl)c1. The lowest BCUT2D eigenvalue weighted by molar-refractivity contribution is 0.199. The summed E-state index contributed by atoms with van der Waals surface area (Å²) < 4.78 is 0. The van der Waals surface area contributed by atoms with Crippen LogP contribution in [0.5, 0.6) is 0 Å². The summed E-state index contributed by atoms with van der Waals surface area (Å²) in [7, 11) is 0. The van der Waals surface area contributed by atoms with Gasteiger partial charge in [0, 0.05) is 23.8 Å². The highest BCUT2D eigenvalue weighted by Crippen LogP contribution is 2.27. The zero-order chi connectivity index (χ0) is 12.8. The first-order valence-electron chi connectivity index (χ1n) is 5.93. The quantitative estimate of drug-likeness (QED) is 0.823. The predicted molar refractivity (Wildman–Crippen MR) is 71.7 cm³/mol. The van der Waals surface area contributed by atoms with Gasteiger partial charge in [0.25, 0.3) is 0 Å². The van der Waals surface area contributed by atoms with Gasteiger partial charge in [0.1, 0.15) is 0 Å². The van der Waals surface area contributed by atoms with Gasteiger partial charge in [0.05, 0.1) is 12.7 Å². The molecule has 0 fully saturated rings. The molecule has 17 heavy (non-hydrogen) atoms. The summed E-state index contributed by atoms with van der Waals surface area (Å²) in [5.74, 6) is 0. The zero-order valence-corrected chi connectivity index (χ0v) is 11.1. The maximum Gasteiger partial charge on any atom is 0.0776 e. The topological polar surface area (TPSA) is 43.7 Å². The molecule has 0 aliphatic carbocycles. The van der Waals surface area contributed by atoms with Gasteiger partial charge in [-0.1, -0.05) is 24.6 Å². The minimum Gasteiger partial charge on any atom is -0.395 e. The van der Waals surface area contributed by atoms with Crippen LogP contribution in [0, 0.1) is 0 Å². The Kier molecular flexibility index (Phi) is 5.75. The average molecular weight is 258 g/mol. The molecule has 4 heteroatoms. The summed E-state index contributed by atoms with van der Waals surface area (Å²) in [6, 6.07) is 5.61. The summed E-state index contributed by atoms with van der Waals surface area (Å²) in [6.07, 6.45) is 0.449. The van der Waals surface area contributed by atoms with E-state index in [0.29, 0.717) is 11.6 Å². The van der Waals surface area contributed by atoms with E-state index in [2.05, 4.69) is 11.8 Å². The number of anilines is 1. The van der Waals surface area contributed by atoms with Crippen LogP contribution in [-0.4, -0.2) is 29.9 Å². The molecule has 0 amide bonds. The van der Waals surface area contributed by atoms with Crippen LogP contribution in [0.4, 0.5) is 5.69 Å². The number of aliphatic hydroxyl groups excluding tert-OH is 2. The van der Waals surface area contributed by atoms with Crippen molar-refractivity contribution in [2.24, 2.45) is 0 Å². The van der Waals surface area contributed by atoms with Crippen molar-refractivity contribution in [2.45, 2.75) is 26.4 Å². The van der Waals surface area contributed by atoms with Gasteiger partial charge < -0.3 is 15.1 Å². The Hall–Kier alpha value is -0.770. The number of benzene rings is 1. The van der Waals surface area contributed by atoms with Crippen LogP contribution < -0.4 is 4.90 Å². The number of hydrogen-bond acceptors (Lipinski definition) is 3. The molecule has 0 spiro atoms. The van der Waals surface area contributed by atoms with Crippen molar-refractivity contribution >= 4 is 17.3 Å². The maximum absolute atomic E-state index is 9.50. The fourth-order valence-corrected chi connectivity index (χ4v) is 2.14. The van der Waals surface area contributed by atoms with E-state index in [1.54, 1.807) is 6.92 Å². The molecule has 1 atom stereocenters. The predicted octanol–water partition coefficient (Wildman–Crippen LogP) is 2.60. The minimum atomic E-state index is -0.561. The number of halogens is 1. The van der Waals surface area contributed by atoms with Crippen molar-refractivity contribution in [1.29, 1.82) is 0 Å². The van der Waals surface area contributed by atoms with Crippen LogP contribution in [-0.2, 0) is 0 Å². The molecule has 0 aromatic heterocycles. The second-order valence-corrected chi connectivity index (χ2v) is 4.50. The summed E-state index contributed by atoms with van der Waals surface area (Å²) >= 11 is 6.12. The molecule has 1 unspecified atom stereocenters. The van der Waals surface area contributed by atoms with Crippen molar-refractivity contribution in [1.82, 2.24) is 0 Å². The standard InChI is InChI=1S/C13H20ClNO2/c1-3-6-15(7-8-16)11-4-5-12(10(2)17)13(14)9-11/h4-5,9-10,16-17H,3,6-8H2,1-2H3. The average Bonchev–Trinajstić information content (AvgIpc) is 2.28. The van der Waals surface area contributed by atoms with E-state index >= 15 is 0 Å². The zero-order valence-electron chi connectivity index (χ0n) is 10.4.